The van der Waals surface area contributed by atoms with E-state index >= 15 is 0 Å². The Morgan fingerprint density at radius 3 is 2.47 bits per heavy atom. The lowest BCUT2D eigenvalue weighted by Crippen LogP contribution is -2.28. The van der Waals surface area contributed by atoms with Crippen LogP contribution in [0.5, 0.6) is 0 Å². The Balaban J connectivity index is 2.83. The number of aromatic nitrogens is 1. The van der Waals surface area contributed by atoms with Gasteiger partial charge >= 0.3 is 0 Å². The number of amides is 1. The molecule has 1 N–H and O–H groups in total. The third-order valence-electron chi connectivity index (χ3n) is 1.94. The van der Waals surface area contributed by atoms with Gasteiger partial charge in [-0.1, -0.05) is 20.8 Å². The summed E-state index contributed by atoms with van der Waals surface area (Å²) in [6.45, 7) is 7.56. The molecule has 0 unspecified atom stereocenters. The van der Waals surface area contributed by atoms with Crippen molar-refractivity contribution in [3.05, 3.63) is 21.4 Å². The van der Waals surface area contributed by atoms with E-state index in [0.717, 1.165) is 9.26 Å². The molecule has 1 aromatic rings. The normalized spacial score (nSPS) is 11.3. The minimum absolute atomic E-state index is 0.0180. The maximum Gasteiger partial charge on any atom is 0.230 e. The number of pyridine rings is 1. The average molecular weight is 318 g/mol. The molecule has 0 saturated heterocycles. The summed E-state index contributed by atoms with van der Waals surface area (Å²) in [5.74, 6) is 0.600. The summed E-state index contributed by atoms with van der Waals surface area (Å²) in [5.41, 5.74) is 0.542. The molecule has 0 aromatic carbocycles. The summed E-state index contributed by atoms with van der Waals surface area (Å²) in [6.07, 6.45) is 0. The molecular weight excluding hydrogens is 303 g/mol. The van der Waals surface area contributed by atoms with Gasteiger partial charge in [0.15, 0.2) is 0 Å². The molecule has 0 aliphatic carbocycles. The molecular formula is C11H15IN2O. The molecule has 0 aliphatic rings. The number of carbonyl (C=O) groups is 1. The Labute approximate surface area is 104 Å². The predicted octanol–water partition coefficient (Wildman–Crippen LogP) is 2.98. The number of anilines is 1. The van der Waals surface area contributed by atoms with Crippen LogP contribution < -0.4 is 5.32 Å². The Hall–Kier alpha value is -0.650. The largest absolute Gasteiger partial charge is 0.310 e. The highest BCUT2D eigenvalue weighted by atomic mass is 127. The molecule has 0 atom stereocenters. The van der Waals surface area contributed by atoms with E-state index < -0.39 is 5.41 Å². The van der Waals surface area contributed by atoms with E-state index in [-0.39, 0.29) is 5.91 Å². The molecule has 0 spiro atoms. The molecule has 1 rings (SSSR count). The quantitative estimate of drug-likeness (QED) is 0.809. The maximum absolute atomic E-state index is 11.7. The van der Waals surface area contributed by atoms with Crippen LogP contribution in [0.1, 0.15) is 26.5 Å². The lowest BCUT2D eigenvalue weighted by Gasteiger charge is -2.17. The van der Waals surface area contributed by atoms with Gasteiger partial charge in [-0.05, 0) is 41.6 Å². The van der Waals surface area contributed by atoms with Crippen LogP contribution in [0.25, 0.3) is 0 Å². The van der Waals surface area contributed by atoms with E-state index in [1.165, 1.54) is 0 Å². The van der Waals surface area contributed by atoms with Gasteiger partial charge in [0.2, 0.25) is 5.91 Å². The van der Waals surface area contributed by atoms with Crippen LogP contribution in [-0.2, 0) is 4.79 Å². The van der Waals surface area contributed by atoms with Crippen molar-refractivity contribution in [1.29, 1.82) is 0 Å². The highest BCUT2D eigenvalue weighted by Gasteiger charge is 2.21. The minimum atomic E-state index is -0.390. The van der Waals surface area contributed by atoms with Gasteiger partial charge < -0.3 is 5.32 Å². The summed E-state index contributed by atoms with van der Waals surface area (Å²) in [6, 6.07) is 3.76. The summed E-state index contributed by atoms with van der Waals surface area (Å²) in [4.78, 5) is 16.0. The Morgan fingerprint density at radius 2 is 2.00 bits per heavy atom. The lowest BCUT2D eigenvalue weighted by molar-refractivity contribution is -0.123. The van der Waals surface area contributed by atoms with Crippen molar-refractivity contribution in [1.82, 2.24) is 4.98 Å². The Morgan fingerprint density at radius 1 is 1.40 bits per heavy atom. The first kappa shape index (κ1) is 12.4. The summed E-state index contributed by atoms with van der Waals surface area (Å²) < 4.78 is 1.10. The molecule has 0 fully saturated rings. The van der Waals surface area contributed by atoms with Crippen LogP contribution in [0.3, 0.4) is 0 Å². The zero-order chi connectivity index (χ0) is 11.6. The van der Waals surface area contributed by atoms with E-state index in [9.17, 15) is 4.79 Å². The van der Waals surface area contributed by atoms with Crippen LogP contribution in [0.2, 0.25) is 0 Å². The SMILES string of the molecule is Cc1nc(NC(=O)C(C)(C)C)ccc1I. The number of nitrogens with zero attached hydrogens (tertiary/aromatic N) is 1. The number of aryl methyl sites for hydroxylation is 1. The van der Waals surface area contributed by atoms with E-state index in [1.807, 2.05) is 39.8 Å². The fourth-order valence-electron chi connectivity index (χ4n) is 0.917. The molecule has 1 aromatic heterocycles. The van der Waals surface area contributed by atoms with Crippen LogP contribution in [0.15, 0.2) is 12.1 Å². The smallest absolute Gasteiger partial charge is 0.230 e. The maximum atomic E-state index is 11.7. The monoisotopic (exact) mass is 318 g/mol. The van der Waals surface area contributed by atoms with Crippen molar-refractivity contribution in [2.75, 3.05) is 5.32 Å². The van der Waals surface area contributed by atoms with E-state index in [0.29, 0.717) is 5.82 Å². The molecule has 0 saturated carbocycles. The number of hydrogen-bond donors (Lipinski definition) is 1. The van der Waals surface area contributed by atoms with Gasteiger partial charge in [-0.15, -0.1) is 0 Å². The van der Waals surface area contributed by atoms with Crippen molar-refractivity contribution in [2.45, 2.75) is 27.7 Å². The lowest BCUT2D eigenvalue weighted by atomic mass is 9.96. The second-order valence-electron chi connectivity index (χ2n) is 4.47. The van der Waals surface area contributed by atoms with Crippen molar-refractivity contribution in [3.8, 4) is 0 Å². The highest BCUT2D eigenvalue weighted by Crippen LogP contribution is 2.17. The number of rotatable bonds is 1. The van der Waals surface area contributed by atoms with Gasteiger partial charge in [-0.25, -0.2) is 4.98 Å². The molecule has 15 heavy (non-hydrogen) atoms. The zero-order valence-corrected chi connectivity index (χ0v) is 11.5. The Kier molecular flexibility index (Phi) is 3.70. The van der Waals surface area contributed by atoms with Crippen LogP contribution >= 0.6 is 22.6 Å². The number of halogens is 1. The third-order valence-corrected chi connectivity index (χ3v) is 3.08. The first-order chi connectivity index (χ1) is 6.80. The predicted molar refractivity (Wildman–Crippen MR) is 69.8 cm³/mol. The minimum Gasteiger partial charge on any atom is -0.310 e. The van der Waals surface area contributed by atoms with Crippen LogP contribution in [0, 0.1) is 15.9 Å². The number of carbonyl (C=O) groups excluding carboxylic acids is 1. The number of hydrogen-bond acceptors (Lipinski definition) is 2. The van der Waals surface area contributed by atoms with Gasteiger partial charge in [0.05, 0.1) is 5.69 Å². The summed E-state index contributed by atoms with van der Waals surface area (Å²) in [7, 11) is 0. The van der Waals surface area contributed by atoms with Crippen LogP contribution in [-0.4, -0.2) is 10.9 Å². The Bertz CT molecular complexity index is 383. The van der Waals surface area contributed by atoms with Gasteiger partial charge in [0.25, 0.3) is 0 Å². The van der Waals surface area contributed by atoms with E-state index in [2.05, 4.69) is 32.9 Å². The van der Waals surface area contributed by atoms with Gasteiger partial charge in [-0.3, -0.25) is 4.79 Å². The van der Waals surface area contributed by atoms with E-state index in [1.54, 1.807) is 0 Å². The fourth-order valence-corrected chi connectivity index (χ4v) is 1.22. The second kappa shape index (κ2) is 4.47. The van der Waals surface area contributed by atoms with Crippen molar-refractivity contribution >= 4 is 34.3 Å². The summed E-state index contributed by atoms with van der Waals surface area (Å²) >= 11 is 2.22. The third kappa shape index (κ3) is 3.44. The van der Waals surface area contributed by atoms with Crippen LogP contribution in [0.4, 0.5) is 5.82 Å². The summed E-state index contributed by atoms with van der Waals surface area (Å²) in [5, 5.41) is 2.80. The second-order valence-corrected chi connectivity index (χ2v) is 5.63. The molecule has 82 valence electrons. The highest BCUT2D eigenvalue weighted by molar-refractivity contribution is 14.1. The first-order valence-corrected chi connectivity index (χ1v) is 5.83. The van der Waals surface area contributed by atoms with Crippen molar-refractivity contribution < 1.29 is 4.79 Å². The standard InChI is InChI=1S/C11H15IN2O/c1-7-8(12)5-6-9(13-7)14-10(15)11(2,3)4/h5-6H,1-4H3,(H,13,14,15). The molecule has 0 bridgehead atoms. The molecule has 4 heteroatoms. The fraction of sp³-hybridized carbons (Fsp3) is 0.455. The molecule has 3 nitrogen and oxygen atoms in total. The van der Waals surface area contributed by atoms with Gasteiger partial charge in [0, 0.05) is 8.99 Å². The van der Waals surface area contributed by atoms with E-state index in [4.69, 9.17) is 0 Å². The molecule has 1 amide bonds. The molecule has 0 radical (unpaired) electrons. The zero-order valence-electron chi connectivity index (χ0n) is 9.39. The first-order valence-electron chi connectivity index (χ1n) is 4.75. The average Bonchev–Trinajstić information content (AvgIpc) is 2.10. The topological polar surface area (TPSA) is 42.0 Å². The molecule has 1 heterocycles. The van der Waals surface area contributed by atoms with Crippen molar-refractivity contribution in [3.63, 3.8) is 0 Å². The molecule has 0 aliphatic heterocycles. The van der Waals surface area contributed by atoms with Gasteiger partial charge in [0.1, 0.15) is 5.82 Å². The van der Waals surface area contributed by atoms with Gasteiger partial charge in [-0.2, -0.15) is 0 Å². The van der Waals surface area contributed by atoms with Crippen molar-refractivity contribution in [2.24, 2.45) is 5.41 Å². The number of nitrogens with one attached hydrogen (secondary N) is 1.